The lowest BCUT2D eigenvalue weighted by Crippen LogP contribution is -2.07. The van der Waals surface area contributed by atoms with Gasteiger partial charge in [0.25, 0.3) is 0 Å². The Labute approximate surface area is 129 Å². The highest BCUT2D eigenvalue weighted by molar-refractivity contribution is 6.31. The van der Waals surface area contributed by atoms with Crippen molar-refractivity contribution in [2.75, 3.05) is 12.4 Å². The zero-order valence-corrected chi connectivity index (χ0v) is 12.6. The van der Waals surface area contributed by atoms with Crippen LogP contribution in [-0.2, 0) is 4.79 Å². The van der Waals surface area contributed by atoms with E-state index >= 15 is 0 Å². The van der Waals surface area contributed by atoms with Crippen LogP contribution in [0.15, 0.2) is 48.5 Å². The molecule has 0 unspecified atom stereocenters. The first-order chi connectivity index (χ1) is 10.1. The Balaban J connectivity index is 1.99. The Morgan fingerprint density at radius 1 is 1.19 bits per heavy atom. The minimum Gasteiger partial charge on any atom is -0.497 e. The number of carbonyl (C=O) groups is 1. The van der Waals surface area contributed by atoms with Gasteiger partial charge in [0.15, 0.2) is 0 Å². The second-order valence-corrected chi connectivity index (χ2v) is 4.97. The van der Waals surface area contributed by atoms with Crippen molar-refractivity contribution in [3.63, 3.8) is 0 Å². The molecule has 2 rings (SSSR count). The molecule has 0 aromatic heterocycles. The number of halogens is 1. The Hall–Kier alpha value is -2.26. The minimum atomic E-state index is -0.203. The summed E-state index contributed by atoms with van der Waals surface area (Å²) in [5, 5.41) is 3.40. The fraction of sp³-hybridized carbons (Fsp3) is 0.118. The van der Waals surface area contributed by atoms with Gasteiger partial charge in [-0.25, -0.2) is 0 Å². The Morgan fingerprint density at radius 2 is 1.90 bits per heavy atom. The average molecular weight is 302 g/mol. The minimum absolute atomic E-state index is 0.203. The van der Waals surface area contributed by atoms with Crippen molar-refractivity contribution in [2.45, 2.75) is 6.92 Å². The van der Waals surface area contributed by atoms with Crippen LogP contribution < -0.4 is 10.1 Å². The van der Waals surface area contributed by atoms with Gasteiger partial charge in [0.1, 0.15) is 5.75 Å². The van der Waals surface area contributed by atoms with Crippen LogP contribution in [0.25, 0.3) is 6.08 Å². The van der Waals surface area contributed by atoms with Crippen LogP contribution in [0, 0.1) is 6.92 Å². The first-order valence-corrected chi connectivity index (χ1v) is 6.85. The molecule has 2 aromatic rings. The maximum atomic E-state index is 11.8. The molecule has 4 heteroatoms. The molecular formula is C17H16ClNO2. The SMILES string of the molecule is COc1ccc(C=CC(=O)Nc2ccc(C)c(Cl)c2)cc1. The van der Waals surface area contributed by atoms with E-state index in [-0.39, 0.29) is 5.91 Å². The van der Waals surface area contributed by atoms with Crippen molar-refractivity contribution in [2.24, 2.45) is 0 Å². The molecule has 108 valence electrons. The van der Waals surface area contributed by atoms with Crippen molar-refractivity contribution < 1.29 is 9.53 Å². The predicted molar refractivity (Wildman–Crippen MR) is 86.8 cm³/mol. The van der Waals surface area contributed by atoms with E-state index in [9.17, 15) is 4.79 Å². The van der Waals surface area contributed by atoms with E-state index in [2.05, 4.69) is 5.32 Å². The van der Waals surface area contributed by atoms with E-state index in [0.717, 1.165) is 16.9 Å². The van der Waals surface area contributed by atoms with Gasteiger partial charge in [0.2, 0.25) is 5.91 Å². The fourth-order valence-electron chi connectivity index (χ4n) is 1.74. The summed E-state index contributed by atoms with van der Waals surface area (Å²) in [6.07, 6.45) is 3.22. The normalized spacial score (nSPS) is 10.6. The number of methoxy groups -OCH3 is 1. The number of rotatable bonds is 4. The van der Waals surface area contributed by atoms with Gasteiger partial charge in [-0.05, 0) is 48.4 Å². The number of carbonyl (C=O) groups excluding carboxylic acids is 1. The van der Waals surface area contributed by atoms with Gasteiger partial charge >= 0.3 is 0 Å². The van der Waals surface area contributed by atoms with E-state index < -0.39 is 0 Å². The third kappa shape index (κ3) is 4.36. The summed E-state index contributed by atoms with van der Waals surface area (Å²) < 4.78 is 5.08. The molecule has 0 aliphatic carbocycles. The third-order valence-electron chi connectivity index (χ3n) is 2.98. The molecule has 2 aromatic carbocycles. The summed E-state index contributed by atoms with van der Waals surface area (Å²) in [5.41, 5.74) is 2.58. The molecular weight excluding hydrogens is 286 g/mol. The highest BCUT2D eigenvalue weighted by Crippen LogP contribution is 2.20. The lowest BCUT2D eigenvalue weighted by molar-refractivity contribution is -0.111. The smallest absolute Gasteiger partial charge is 0.248 e. The Bertz CT molecular complexity index is 663. The van der Waals surface area contributed by atoms with Crippen LogP contribution in [0.3, 0.4) is 0 Å². The summed E-state index contributed by atoms with van der Waals surface area (Å²) in [6, 6.07) is 12.9. The molecule has 1 N–H and O–H groups in total. The van der Waals surface area contributed by atoms with E-state index in [1.165, 1.54) is 6.08 Å². The molecule has 0 aliphatic rings. The molecule has 0 aliphatic heterocycles. The average Bonchev–Trinajstić information content (AvgIpc) is 2.49. The largest absolute Gasteiger partial charge is 0.497 e. The van der Waals surface area contributed by atoms with E-state index in [1.54, 1.807) is 19.3 Å². The lowest BCUT2D eigenvalue weighted by Gasteiger charge is -2.04. The number of nitrogens with one attached hydrogen (secondary N) is 1. The second-order valence-electron chi connectivity index (χ2n) is 4.56. The van der Waals surface area contributed by atoms with E-state index in [0.29, 0.717) is 10.7 Å². The van der Waals surface area contributed by atoms with Crippen LogP contribution in [0.2, 0.25) is 5.02 Å². The molecule has 0 saturated heterocycles. The number of amides is 1. The van der Waals surface area contributed by atoms with Gasteiger partial charge < -0.3 is 10.1 Å². The molecule has 3 nitrogen and oxygen atoms in total. The van der Waals surface area contributed by atoms with Gasteiger partial charge in [-0.2, -0.15) is 0 Å². The van der Waals surface area contributed by atoms with Crippen LogP contribution in [0.5, 0.6) is 5.75 Å². The molecule has 0 heterocycles. The maximum Gasteiger partial charge on any atom is 0.248 e. The molecule has 1 amide bonds. The van der Waals surface area contributed by atoms with Crippen molar-refractivity contribution >= 4 is 29.3 Å². The Morgan fingerprint density at radius 3 is 2.52 bits per heavy atom. The van der Waals surface area contributed by atoms with Crippen molar-refractivity contribution in [3.05, 3.63) is 64.7 Å². The second kappa shape index (κ2) is 6.95. The van der Waals surface area contributed by atoms with Crippen molar-refractivity contribution in [3.8, 4) is 5.75 Å². The first kappa shape index (κ1) is 15.1. The van der Waals surface area contributed by atoms with Gasteiger partial charge in [-0.15, -0.1) is 0 Å². The number of benzene rings is 2. The molecule has 0 spiro atoms. The number of ether oxygens (including phenoxy) is 1. The molecule has 21 heavy (non-hydrogen) atoms. The van der Waals surface area contributed by atoms with Crippen LogP contribution in [0.4, 0.5) is 5.69 Å². The summed E-state index contributed by atoms with van der Waals surface area (Å²) in [6.45, 7) is 1.91. The highest BCUT2D eigenvalue weighted by atomic mass is 35.5. The molecule has 0 fully saturated rings. The van der Waals surface area contributed by atoms with Crippen molar-refractivity contribution in [1.29, 1.82) is 0 Å². The monoisotopic (exact) mass is 301 g/mol. The van der Waals surface area contributed by atoms with Gasteiger partial charge in [-0.1, -0.05) is 29.8 Å². The zero-order valence-electron chi connectivity index (χ0n) is 11.9. The van der Waals surface area contributed by atoms with Gasteiger partial charge in [0, 0.05) is 16.8 Å². The standard InChI is InChI=1S/C17H16ClNO2/c1-12-3-7-14(11-16(12)18)19-17(20)10-6-13-4-8-15(21-2)9-5-13/h3-11H,1-2H3,(H,19,20). The van der Waals surface area contributed by atoms with Crippen LogP contribution >= 0.6 is 11.6 Å². The Kier molecular flexibility index (Phi) is 5.01. The van der Waals surface area contributed by atoms with Gasteiger partial charge in [-0.3, -0.25) is 4.79 Å². The number of hydrogen-bond acceptors (Lipinski definition) is 2. The summed E-state index contributed by atoms with van der Waals surface area (Å²) in [5.74, 6) is 0.580. The van der Waals surface area contributed by atoms with Gasteiger partial charge in [0.05, 0.1) is 7.11 Å². The molecule has 0 bridgehead atoms. The quantitative estimate of drug-likeness (QED) is 0.855. The topological polar surface area (TPSA) is 38.3 Å². The zero-order chi connectivity index (χ0) is 15.2. The predicted octanol–water partition coefficient (Wildman–Crippen LogP) is 4.31. The summed E-state index contributed by atoms with van der Waals surface area (Å²) in [4.78, 5) is 11.8. The fourth-order valence-corrected chi connectivity index (χ4v) is 1.92. The van der Waals surface area contributed by atoms with E-state index in [1.807, 2.05) is 43.3 Å². The maximum absolute atomic E-state index is 11.8. The highest BCUT2D eigenvalue weighted by Gasteiger charge is 2.01. The number of aryl methyl sites for hydroxylation is 1. The van der Waals surface area contributed by atoms with Crippen LogP contribution in [0.1, 0.15) is 11.1 Å². The molecule has 0 saturated carbocycles. The lowest BCUT2D eigenvalue weighted by atomic mass is 10.2. The number of hydrogen-bond donors (Lipinski definition) is 1. The first-order valence-electron chi connectivity index (χ1n) is 6.48. The summed E-state index contributed by atoms with van der Waals surface area (Å²) in [7, 11) is 1.62. The molecule has 0 atom stereocenters. The number of anilines is 1. The summed E-state index contributed by atoms with van der Waals surface area (Å²) >= 11 is 6.02. The van der Waals surface area contributed by atoms with E-state index in [4.69, 9.17) is 16.3 Å². The van der Waals surface area contributed by atoms with Crippen molar-refractivity contribution in [1.82, 2.24) is 0 Å². The third-order valence-corrected chi connectivity index (χ3v) is 3.39. The molecule has 0 radical (unpaired) electrons. The van der Waals surface area contributed by atoms with Crippen LogP contribution in [-0.4, -0.2) is 13.0 Å².